The maximum atomic E-state index is 10.8. The predicted octanol–water partition coefficient (Wildman–Crippen LogP) is 2.76. The van der Waals surface area contributed by atoms with E-state index in [0.717, 1.165) is 5.56 Å². The highest BCUT2D eigenvalue weighted by atomic mass is 35.5. The van der Waals surface area contributed by atoms with E-state index < -0.39 is 16.8 Å². The van der Waals surface area contributed by atoms with Crippen LogP contribution in [-0.2, 0) is 10.5 Å². The zero-order chi connectivity index (χ0) is 13.1. The van der Waals surface area contributed by atoms with Crippen molar-refractivity contribution in [2.45, 2.75) is 30.4 Å². The molecule has 0 saturated heterocycles. The van der Waals surface area contributed by atoms with Crippen LogP contribution >= 0.6 is 23.4 Å². The lowest BCUT2D eigenvalue weighted by atomic mass is 10.1. The number of rotatable bonds is 5. The first-order valence-corrected chi connectivity index (χ1v) is 6.56. The number of carboxylic acid groups (broad SMARTS) is 1. The summed E-state index contributed by atoms with van der Waals surface area (Å²) in [6.07, 6.45) is 0. The standard InChI is InChI=1S/C12H16ClNO2S/c1-12(2,10(14)11(15)16)17-7-8-3-5-9(13)6-4-8/h3-6,10H,7,14H2,1-2H3,(H,15,16)/t10-/m0/s1. The van der Waals surface area contributed by atoms with Gasteiger partial charge in [-0.1, -0.05) is 23.7 Å². The molecule has 1 aromatic rings. The van der Waals surface area contributed by atoms with Crippen LogP contribution < -0.4 is 5.73 Å². The zero-order valence-electron chi connectivity index (χ0n) is 9.81. The molecular formula is C12H16ClNO2S. The SMILES string of the molecule is CC(C)(SCc1ccc(Cl)cc1)[C@@H](N)C(=O)O. The van der Waals surface area contributed by atoms with E-state index in [1.165, 1.54) is 11.8 Å². The number of halogens is 1. The Bertz CT molecular complexity index is 392. The summed E-state index contributed by atoms with van der Waals surface area (Å²) in [6, 6.07) is 6.62. The molecule has 3 N–H and O–H groups in total. The highest BCUT2D eigenvalue weighted by Crippen LogP contribution is 2.30. The van der Waals surface area contributed by atoms with Crippen LogP contribution in [0.5, 0.6) is 0 Å². The molecule has 0 aromatic heterocycles. The lowest BCUT2D eigenvalue weighted by molar-refractivity contribution is -0.139. The van der Waals surface area contributed by atoms with Crippen molar-refractivity contribution in [2.24, 2.45) is 5.73 Å². The molecule has 0 unspecified atom stereocenters. The minimum Gasteiger partial charge on any atom is -0.480 e. The Balaban J connectivity index is 2.60. The van der Waals surface area contributed by atoms with Crippen molar-refractivity contribution in [2.75, 3.05) is 0 Å². The fourth-order valence-corrected chi connectivity index (χ4v) is 2.37. The van der Waals surface area contributed by atoms with E-state index >= 15 is 0 Å². The molecule has 1 rings (SSSR count). The second-order valence-electron chi connectivity index (χ2n) is 4.33. The minimum absolute atomic E-state index is 0.508. The second-order valence-corrected chi connectivity index (χ2v) is 6.40. The quantitative estimate of drug-likeness (QED) is 0.866. The highest BCUT2D eigenvalue weighted by molar-refractivity contribution is 7.99. The van der Waals surface area contributed by atoms with Gasteiger partial charge in [0.2, 0.25) is 0 Å². The third kappa shape index (κ3) is 4.22. The summed E-state index contributed by atoms with van der Waals surface area (Å²) in [7, 11) is 0. The van der Waals surface area contributed by atoms with Crippen LogP contribution in [0.2, 0.25) is 5.02 Å². The van der Waals surface area contributed by atoms with Gasteiger partial charge in [0.1, 0.15) is 6.04 Å². The summed E-state index contributed by atoms with van der Waals surface area (Å²) in [6.45, 7) is 3.68. The monoisotopic (exact) mass is 273 g/mol. The summed E-state index contributed by atoms with van der Waals surface area (Å²) in [4.78, 5) is 10.8. The topological polar surface area (TPSA) is 63.3 Å². The van der Waals surface area contributed by atoms with Gasteiger partial charge < -0.3 is 10.8 Å². The number of hydrogen-bond acceptors (Lipinski definition) is 3. The molecule has 0 bridgehead atoms. The molecule has 0 aliphatic carbocycles. The number of carboxylic acids is 1. The van der Waals surface area contributed by atoms with E-state index in [-0.39, 0.29) is 0 Å². The van der Waals surface area contributed by atoms with E-state index in [2.05, 4.69) is 0 Å². The van der Waals surface area contributed by atoms with Crippen molar-refractivity contribution in [3.63, 3.8) is 0 Å². The molecule has 0 fully saturated rings. The summed E-state index contributed by atoms with van der Waals surface area (Å²) in [5, 5.41) is 9.59. The minimum atomic E-state index is -0.974. The Hall–Kier alpha value is -0.710. The third-order valence-electron chi connectivity index (χ3n) is 2.54. The van der Waals surface area contributed by atoms with Crippen LogP contribution in [0.4, 0.5) is 0 Å². The van der Waals surface area contributed by atoms with Crippen LogP contribution in [0.15, 0.2) is 24.3 Å². The molecule has 0 radical (unpaired) electrons. The zero-order valence-corrected chi connectivity index (χ0v) is 11.4. The average molecular weight is 274 g/mol. The first-order valence-electron chi connectivity index (χ1n) is 5.20. The number of aliphatic carboxylic acids is 1. The fourth-order valence-electron chi connectivity index (χ4n) is 1.24. The average Bonchev–Trinajstić information content (AvgIpc) is 2.27. The van der Waals surface area contributed by atoms with Gasteiger partial charge in [0.25, 0.3) is 0 Å². The van der Waals surface area contributed by atoms with Crippen molar-refractivity contribution in [3.8, 4) is 0 Å². The maximum Gasteiger partial charge on any atom is 0.321 e. The molecule has 1 atom stereocenters. The molecule has 0 amide bonds. The van der Waals surface area contributed by atoms with Gasteiger partial charge in [0.05, 0.1) is 0 Å². The molecular weight excluding hydrogens is 258 g/mol. The van der Waals surface area contributed by atoms with Gasteiger partial charge in [0.15, 0.2) is 0 Å². The van der Waals surface area contributed by atoms with Gasteiger partial charge >= 0.3 is 5.97 Å². The van der Waals surface area contributed by atoms with E-state index in [1.807, 2.05) is 38.1 Å². The van der Waals surface area contributed by atoms with Crippen LogP contribution in [0.25, 0.3) is 0 Å². The summed E-state index contributed by atoms with van der Waals surface area (Å²) in [5.41, 5.74) is 6.74. The number of thioether (sulfide) groups is 1. The number of nitrogens with two attached hydrogens (primary N) is 1. The number of carbonyl (C=O) groups is 1. The van der Waals surface area contributed by atoms with Gasteiger partial charge in [-0.3, -0.25) is 4.79 Å². The largest absolute Gasteiger partial charge is 0.480 e. The first kappa shape index (κ1) is 14.4. The molecule has 0 aliphatic heterocycles. The Kier molecular flexibility index (Phi) is 4.86. The van der Waals surface area contributed by atoms with Gasteiger partial charge in [-0.25, -0.2) is 0 Å². The fraction of sp³-hybridized carbons (Fsp3) is 0.417. The molecule has 0 spiro atoms. The molecule has 94 valence electrons. The van der Waals surface area contributed by atoms with Crippen LogP contribution in [0.3, 0.4) is 0 Å². The molecule has 0 aliphatic rings. The van der Waals surface area contributed by atoms with Crippen molar-refractivity contribution >= 4 is 29.3 Å². The van der Waals surface area contributed by atoms with Crippen molar-refractivity contribution in [1.82, 2.24) is 0 Å². The summed E-state index contributed by atoms with van der Waals surface area (Å²) in [5.74, 6) is -0.260. The summed E-state index contributed by atoms with van der Waals surface area (Å²) >= 11 is 7.31. The van der Waals surface area contributed by atoms with Gasteiger partial charge in [-0.05, 0) is 31.5 Å². The molecule has 3 nitrogen and oxygen atoms in total. The van der Waals surface area contributed by atoms with Gasteiger partial charge in [0, 0.05) is 15.5 Å². The van der Waals surface area contributed by atoms with Crippen LogP contribution in [-0.4, -0.2) is 21.9 Å². The normalized spacial score (nSPS) is 13.4. The lowest BCUT2D eigenvalue weighted by Crippen LogP contribution is -2.46. The lowest BCUT2D eigenvalue weighted by Gasteiger charge is -2.28. The van der Waals surface area contributed by atoms with E-state index in [4.69, 9.17) is 22.4 Å². The maximum absolute atomic E-state index is 10.8. The Morgan fingerprint density at radius 1 is 1.47 bits per heavy atom. The van der Waals surface area contributed by atoms with Crippen LogP contribution in [0, 0.1) is 0 Å². The van der Waals surface area contributed by atoms with Crippen molar-refractivity contribution in [1.29, 1.82) is 0 Å². The molecule has 0 heterocycles. The second kappa shape index (κ2) is 5.76. The van der Waals surface area contributed by atoms with Gasteiger partial charge in [-0.15, -0.1) is 11.8 Å². The first-order chi connectivity index (χ1) is 7.83. The van der Waals surface area contributed by atoms with Gasteiger partial charge in [-0.2, -0.15) is 0 Å². The molecule has 1 aromatic carbocycles. The number of benzene rings is 1. The van der Waals surface area contributed by atoms with E-state index in [9.17, 15) is 4.79 Å². The van der Waals surface area contributed by atoms with Crippen LogP contribution in [0.1, 0.15) is 19.4 Å². The Labute approximate surface area is 110 Å². The molecule has 5 heteroatoms. The Morgan fingerprint density at radius 2 is 2.00 bits per heavy atom. The highest BCUT2D eigenvalue weighted by Gasteiger charge is 2.32. The van der Waals surface area contributed by atoms with E-state index in [0.29, 0.717) is 10.8 Å². The Morgan fingerprint density at radius 3 is 2.47 bits per heavy atom. The molecule has 0 saturated carbocycles. The smallest absolute Gasteiger partial charge is 0.321 e. The van der Waals surface area contributed by atoms with E-state index in [1.54, 1.807) is 0 Å². The van der Waals surface area contributed by atoms with Crippen molar-refractivity contribution in [3.05, 3.63) is 34.9 Å². The number of hydrogen-bond donors (Lipinski definition) is 2. The van der Waals surface area contributed by atoms with Crippen molar-refractivity contribution < 1.29 is 9.90 Å². The third-order valence-corrected chi connectivity index (χ3v) is 4.27. The predicted molar refractivity (Wildman–Crippen MR) is 72.4 cm³/mol. The summed E-state index contributed by atoms with van der Waals surface area (Å²) < 4.78 is -0.508. The molecule has 17 heavy (non-hydrogen) atoms.